The van der Waals surface area contributed by atoms with Crippen molar-refractivity contribution in [3.63, 3.8) is 0 Å². The molecule has 6 heteroatoms. The van der Waals surface area contributed by atoms with Crippen LogP contribution in [-0.4, -0.2) is 16.0 Å². The number of halogens is 1. The van der Waals surface area contributed by atoms with Crippen molar-refractivity contribution in [2.45, 2.75) is 13.0 Å². The predicted molar refractivity (Wildman–Crippen MR) is 82.0 cm³/mol. The molecule has 3 aromatic rings. The first kappa shape index (κ1) is 14.9. The molecule has 116 valence electrons. The highest BCUT2D eigenvalue weighted by Crippen LogP contribution is 2.18. The minimum atomic E-state index is -0.432. The first-order valence-electron chi connectivity index (χ1n) is 7.09. The van der Waals surface area contributed by atoms with Gasteiger partial charge in [0.05, 0.1) is 6.04 Å². The summed E-state index contributed by atoms with van der Waals surface area (Å²) in [7, 11) is 0. The van der Waals surface area contributed by atoms with Crippen LogP contribution in [0.2, 0.25) is 0 Å². The molecule has 0 saturated heterocycles. The van der Waals surface area contributed by atoms with Crippen molar-refractivity contribution >= 4 is 5.91 Å². The van der Waals surface area contributed by atoms with Gasteiger partial charge >= 0.3 is 0 Å². The van der Waals surface area contributed by atoms with E-state index in [-0.39, 0.29) is 23.6 Å². The lowest BCUT2D eigenvalue weighted by molar-refractivity contribution is 0.0926. The summed E-state index contributed by atoms with van der Waals surface area (Å²) in [6, 6.07) is 15.0. The molecular formula is C17H14FN3O2. The summed E-state index contributed by atoms with van der Waals surface area (Å²) in [6.07, 6.45) is 0. The smallest absolute Gasteiger partial charge is 0.293 e. The topological polar surface area (TPSA) is 68.0 Å². The van der Waals surface area contributed by atoms with Crippen LogP contribution in [-0.2, 0) is 0 Å². The number of nitrogens with one attached hydrogen (secondary N) is 1. The fourth-order valence-corrected chi connectivity index (χ4v) is 2.11. The van der Waals surface area contributed by atoms with Gasteiger partial charge in [-0.2, -0.15) is 4.98 Å². The molecule has 1 amide bonds. The highest BCUT2D eigenvalue weighted by molar-refractivity contribution is 5.90. The van der Waals surface area contributed by atoms with Gasteiger partial charge in [-0.1, -0.05) is 35.5 Å². The van der Waals surface area contributed by atoms with Crippen LogP contribution < -0.4 is 5.32 Å². The Morgan fingerprint density at radius 1 is 1.13 bits per heavy atom. The lowest BCUT2D eigenvalue weighted by atomic mass is 10.1. The molecule has 0 radical (unpaired) electrons. The minimum Gasteiger partial charge on any atom is -0.343 e. The number of rotatable bonds is 4. The summed E-state index contributed by atoms with van der Waals surface area (Å²) < 4.78 is 18.0. The maximum atomic E-state index is 12.9. The van der Waals surface area contributed by atoms with Crippen LogP contribution in [0.4, 0.5) is 4.39 Å². The molecule has 2 aromatic carbocycles. The van der Waals surface area contributed by atoms with Gasteiger partial charge in [-0.15, -0.1) is 0 Å². The van der Waals surface area contributed by atoms with Crippen molar-refractivity contribution in [3.05, 3.63) is 71.8 Å². The summed E-state index contributed by atoms with van der Waals surface area (Å²) in [5, 5.41) is 6.47. The van der Waals surface area contributed by atoms with E-state index in [0.717, 1.165) is 5.56 Å². The first-order valence-corrected chi connectivity index (χ1v) is 7.09. The summed E-state index contributed by atoms with van der Waals surface area (Å²) in [6.45, 7) is 1.87. The van der Waals surface area contributed by atoms with Crippen molar-refractivity contribution in [3.8, 4) is 11.5 Å². The molecule has 0 aliphatic rings. The lowest BCUT2D eigenvalue weighted by Crippen LogP contribution is -2.27. The van der Waals surface area contributed by atoms with Crippen LogP contribution in [0.25, 0.3) is 11.5 Å². The van der Waals surface area contributed by atoms with Crippen LogP contribution in [0.15, 0.2) is 59.1 Å². The third-order valence-corrected chi connectivity index (χ3v) is 3.37. The van der Waals surface area contributed by atoms with Gasteiger partial charge in [-0.3, -0.25) is 4.79 Å². The third kappa shape index (κ3) is 3.42. The van der Waals surface area contributed by atoms with E-state index < -0.39 is 5.91 Å². The molecule has 0 aliphatic carbocycles. The Kier molecular flexibility index (Phi) is 4.14. The number of hydrogen-bond donors (Lipinski definition) is 1. The molecule has 23 heavy (non-hydrogen) atoms. The van der Waals surface area contributed by atoms with Gasteiger partial charge in [-0.05, 0) is 36.8 Å². The Morgan fingerprint density at radius 2 is 1.83 bits per heavy atom. The zero-order chi connectivity index (χ0) is 16.2. The molecule has 0 bridgehead atoms. The SMILES string of the molecule is CC(NC(=O)c1noc(-c2ccc(F)cc2)n1)c1ccccc1. The fourth-order valence-electron chi connectivity index (χ4n) is 2.11. The van der Waals surface area contributed by atoms with Gasteiger partial charge in [0.1, 0.15) is 5.82 Å². The number of amides is 1. The number of nitrogens with zero attached hydrogens (tertiary/aromatic N) is 2. The van der Waals surface area contributed by atoms with E-state index in [9.17, 15) is 9.18 Å². The van der Waals surface area contributed by atoms with E-state index in [0.29, 0.717) is 5.56 Å². The second-order valence-electron chi connectivity index (χ2n) is 5.04. The largest absolute Gasteiger partial charge is 0.343 e. The Hall–Kier alpha value is -3.02. The van der Waals surface area contributed by atoms with Crippen LogP contribution >= 0.6 is 0 Å². The summed E-state index contributed by atoms with van der Waals surface area (Å²) in [5.74, 6) is -0.684. The minimum absolute atomic E-state index is 0.0629. The zero-order valence-corrected chi connectivity index (χ0v) is 12.4. The van der Waals surface area contributed by atoms with E-state index >= 15 is 0 Å². The quantitative estimate of drug-likeness (QED) is 0.802. The fraction of sp³-hybridized carbons (Fsp3) is 0.118. The Labute approximate surface area is 132 Å². The molecule has 0 fully saturated rings. The molecule has 0 aliphatic heterocycles. The van der Waals surface area contributed by atoms with Gasteiger partial charge in [0.15, 0.2) is 0 Å². The van der Waals surface area contributed by atoms with Crippen LogP contribution in [0, 0.1) is 5.82 Å². The van der Waals surface area contributed by atoms with Crippen molar-refractivity contribution < 1.29 is 13.7 Å². The highest BCUT2D eigenvalue weighted by atomic mass is 19.1. The average Bonchev–Trinajstić information content (AvgIpc) is 3.06. The number of carbonyl (C=O) groups is 1. The maximum Gasteiger partial charge on any atom is 0.293 e. The monoisotopic (exact) mass is 311 g/mol. The van der Waals surface area contributed by atoms with Crippen molar-refractivity contribution in [2.24, 2.45) is 0 Å². The Morgan fingerprint density at radius 3 is 2.52 bits per heavy atom. The highest BCUT2D eigenvalue weighted by Gasteiger charge is 2.18. The summed E-state index contributed by atoms with van der Waals surface area (Å²) in [4.78, 5) is 16.2. The van der Waals surface area contributed by atoms with Crippen molar-refractivity contribution in [1.29, 1.82) is 0 Å². The van der Waals surface area contributed by atoms with E-state index in [4.69, 9.17) is 4.52 Å². The number of aromatic nitrogens is 2. The second kappa shape index (κ2) is 6.39. The Balaban J connectivity index is 1.72. The van der Waals surface area contributed by atoms with Gasteiger partial charge in [-0.25, -0.2) is 4.39 Å². The molecule has 0 spiro atoms. The van der Waals surface area contributed by atoms with Crippen molar-refractivity contribution in [1.82, 2.24) is 15.5 Å². The first-order chi connectivity index (χ1) is 11.1. The lowest BCUT2D eigenvalue weighted by Gasteiger charge is -2.12. The predicted octanol–water partition coefficient (Wildman–Crippen LogP) is 3.37. The number of benzene rings is 2. The molecule has 1 heterocycles. The van der Waals surface area contributed by atoms with Crippen LogP contribution in [0.3, 0.4) is 0 Å². The molecule has 1 unspecified atom stereocenters. The van der Waals surface area contributed by atoms with Crippen molar-refractivity contribution in [2.75, 3.05) is 0 Å². The van der Waals surface area contributed by atoms with E-state index in [1.807, 2.05) is 37.3 Å². The third-order valence-electron chi connectivity index (χ3n) is 3.37. The molecule has 5 nitrogen and oxygen atoms in total. The molecule has 1 aromatic heterocycles. The van der Waals surface area contributed by atoms with Crippen LogP contribution in [0.5, 0.6) is 0 Å². The van der Waals surface area contributed by atoms with E-state index in [2.05, 4.69) is 15.5 Å². The van der Waals surface area contributed by atoms with Gasteiger partial charge in [0, 0.05) is 5.56 Å². The maximum absolute atomic E-state index is 12.9. The van der Waals surface area contributed by atoms with Gasteiger partial charge < -0.3 is 9.84 Å². The summed E-state index contributed by atoms with van der Waals surface area (Å²) in [5.41, 5.74) is 1.53. The van der Waals surface area contributed by atoms with Gasteiger partial charge in [0.2, 0.25) is 0 Å². The molecular weight excluding hydrogens is 297 g/mol. The standard InChI is InChI=1S/C17H14FN3O2/c1-11(12-5-3-2-4-6-12)19-16(22)15-20-17(23-21-15)13-7-9-14(18)10-8-13/h2-11H,1H3,(H,19,22). The summed E-state index contributed by atoms with van der Waals surface area (Å²) >= 11 is 0. The normalized spacial score (nSPS) is 11.9. The van der Waals surface area contributed by atoms with E-state index in [1.54, 1.807) is 0 Å². The van der Waals surface area contributed by atoms with Crippen LogP contribution in [0.1, 0.15) is 29.1 Å². The average molecular weight is 311 g/mol. The Bertz CT molecular complexity index is 800. The zero-order valence-electron chi connectivity index (χ0n) is 12.4. The van der Waals surface area contributed by atoms with Gasteiger partial charge in [0.25, 0.3) is 17.6 Å². The molecule has 0 saturated carbocycles. The molecule has 1 N–H and O–H groups in total. The second-order valence-corrected chi connectivity index (χ2v) is 5.04. The molecule has 3 rings (SSSR count). The van der Waals surface area contributed by atoms with E-state index in [1.165, 1.54) is 24.3 Å². The molecule has 1 atom stereocenters. The number of carbonyl (C=O) groups excluding carboxylic acids is 1. The number of hydrogen-bond acceptors (Lipinski definition) is 4.